The number of piperidine rings is 1. The van der Waals surface area contributed by atoms with Crippen LogP contribution in [0.3, 0.4) is 0 Å². The summed E-state index contributed by atoms with van der Waals surface area (Å²) in [6.45, 7) is 4.57. The highest BCUT2D eigenvalue weighted by Gasteiger charge is 2.33. The van der Waals surface area contributed by atoms with Crippen LogP contribution in [0, 0.1) is 12.8 Å². The van der Waals surface area contributed by atoms with E-state index < -0.39 is 23.9 Å². The topological polar surface area (TPSA) is 112 Å². The molecule has 4 N–H and O–H groups in total. The number of amides is 1. The predicted octanol–water partition coefficient (Wildman–Crippen LogP) is 4.41. The number of benzene rings is 2. The van der Waals surface area contributed by atoms with Crippen molar-refractivity contribution in [3.63, 3.8) is 0 Å². The Morgan fingerprint density at radius 1 is 1.19 bits per heavy atom. The van der Waals surface area contributed by atoms with E-state index in [1.807, 2.05) is 39.1 Å². The van der Waals surface area contributed by atoms with Crippen LogP contribution < -0.4 is 21.1 Å². The summed E-state index contributed by atoms with van der Waals surface area (Å²) in [6, 6.07) is 13.5. The second-order valence-electron chi connectivity index (χ2n) is 9.18. The molecule has 0 saturated carbocycles. The Bertz CT molecular complexity index is 1330. The molecule has 2 heterocycles. The summed E-state index contributed by atoms with van der Waals surface area (Å²) < 4.78 is 44.0. The van der Waals surface area contributed by atoms with Crippen molar-refractivity contribution >= 4 is 23.2 Å². The molecule has 1 aliphatic heterocycles. The SMILES string of the molecule is Cc1c(N)nn(C)c1-c1cccc(N2CCC(C(=O)N=C(N)c3ccccc3OC(F)(F)F)CC2C)c1. The van der Waals surface area contributed by atoms with E-state index >= 15 is 0 Å². The van der Waals surface area contributed by atoms with Gasteiger partial charge in [-0.05, 0) is 51.0 Å². The van der Waals surface area contributed by atoms with Crippen molar-refractivity contribution in [3.05, 3.63) is 59.7 Å². The fourth-order valence-corrected chi connectivity index (χ4v) is 4.83. The van der Waals surface area contributed by atoms with E-state index in [1.54, 1.807) is 4.68 Å². The summed E-state index contributed by atoms with van der Waals surface area (Å²) in [6.07, 6.45) is -3.83. The van der Waals surface area contributed by atoms with Gasteiger partial charge in [0, 0.05) is 42.4 Å². The minimum atomic E-state index is -4.89. The number of nitrogen functional groups attached to an aromatic ring is 1. The van der Waals surface area contributed by atoms with Gasteiger partial charge in [-0.25, -0.2) is 0 Å². The zero-order chi connectivity index (χ0) is 26.9. The molecule has 1 amide bonds. The Kier molecular flexibility index (Phi) is 7.15. The number of hydrogen-bond acceptors (Lipinski definition) is 5. The van der Waals surface area contributed by atoms with Crippen LogP contribution in [0.15, 0.2) is 53.5 Å². The number of aromatic nitrogens is 2. The van der Waals surface area contributed by atoms with Crippen LogP contribution in [0.1, 0.15) is 30.9 Å². The maximum Gasteiger partial charge on any atom is 0.573 e. The van der Waals surface area contributed by atoms with Crippen molar-refractivity contribution < 1.29 is 22.7 Å². The highest BCUT2D eigenvalue weighted by Crippen LogP contribution is 2.33. The van der Waals surface area contributed by atoms with E-state index in [0.717, 1.165) is 28.6 Å². The van der Waals surface area contributed by atoms with Gasteiger partial charge in [-0.1, -0.05) is 24.3 Å². The molecule has 1 aliphatic rings. The third-order valence-corrected chi connectivity index (χ3v) is 6.62. The summed E-state index contributed by atoms with van der Waals surface area (Å²) in [5.41, 5.74) is 15.7. The maximum atomic E-state index is 12.9. The number of alkyl halides is 3. The number of rotatable bonds is 5. The lowest BCUT2D eigenvalue weighted by atomic mass is 9.90. The zero-order valence-corrected chi connectivity index (χ0v) is 20.8. The lowest BCUT2D eigenvalue weighted by Crippen LogP contribution is -2.42. The Hall–Kier alpha value is -4.02. The number of amidine groups is 1. The summed E-state index contributed by atoms with van der Waals surface area (Å²) >= 11 is 0. The van der Waals surface area contributed by atoms with Crippen LogP contribution in [0.4, 0.5) is 24.7 Å². The van der Waals surface area contributed by atoms with Gasteiger partial charge >= 0.3 is 6.36 Å². The van der Waals surface area contributed by atoms with Crippen LogP contribution in [-0.2, 0) is 11.8 Å². The molecule has 4 rings (SSSR count). The van der Waals surface area contributed by atoms with Crippen LogP contribution in [-0.4, -0.2) is 40.5 Å². The molecule has 1 aromatic heterocycles. The molecular weight excluding hydrogens is 485 g/mol. The lowest BCUT2D eigenvalue weighted by molar-refractivity contribution is -0.274. The smallest absolute Gasteiger partial charge is 0.405 e. The normalized spacial score (nSPS) is 18.6. The highest BCUT2D eigenvalue weighted by atomic mass is 19.4. The molecule has 0 aliphatic carbocycles. The molecule has 0 bridgehead atoms. The first-order valence-electron chi connectivity index (χ1n) is 11.8. The number of ether oxygens (including phenoxy) is 1. The van der Waals surface area contributed by atoms with Gasteiger partial charge in [0.2, 0.25) is 0 Å². The number of nitrogens with zero attached hydrogens (tertiary/aromatic N) is 4. The molecular formula is C26H29F3N6O2. The molecule has 1 fully saturated rings. The van der Waals surface area contributed by atoms with E-state index in [-0.39, 0.29) is 17.4 Å². The minimum absolute atomic E-state index is 0.0212. The average molecular weight is 515 g/mol. The highest BCUT2D eigenvalue weighted by molar-refractivity contribution is 6.06. The fraction of sp³-hybridized carbons (Fsp3) is 0.346. The van der Waals surface area contributed by atoms with Crippen LogP contribution >= 0.6 is 0 Å². The number of aryl methyl sites for hydroxylation is 1. The number of para-hydroxylation sites is 1. The third kappa shape index (κ3) is 5.71. The summed E-state index contributed by atoms with van der Waals surface area (Å²) in [5.74, 6) is -1.18. The van der Waals surface area contributed by atoms with Crippen LogP contribution in [0.5, 0.6) is 5.75 Å². The molecule has 2 aromatic carbocycles. The predicted molar refractivity (Wildman–Crippen MR) is 136 cm³/mol. The Morgan fingerprint density at radius 3 is 2.57 bits per heavy atom. The monoisotopic (exact) mass is 514 g/mol. The number of carbonyl (C=O) groups is 1. The van der Waals surface area contributed by atoms with E-state index in [0.29, 0.717) is 25.2 Å². The van der Waals surface area contributed by atoms with Crippen LogP contribution in [0.25, 0.3) is 11.3 Å². The second kappa shape index (κ2) is 10.2. The molecule has 1 saturated heterocycles. The van der Waals surface area contributed by atoms with Gasteiger partial charge < -0.3 is 21.1 Å². The third-order valence-electron chi connectivity index (χ3n) is 6.62. The minimum Gasteiger partial charge on any atom is -0.405 e. The lowest BCUT2D eigenvalue weighted by Gasteiger charge is -2.38. The van der Waals surface area contributed by atoms with Gasteiger partial charge in [0.1, 0.15) is 17.4 Å². The molecule has 0 radical (unpaired) electrons. The van der Waals surface area contributed by atoms with Gasteiger partial charge in [-0.3, -0.25) is 9.48 Å². The molecule has 37 heavy (non-hydrogen) atoms. The summed E-state index contributed by atoms with van der Waals surface area (Å²) in [5, 5.41) is 4.30. The van der Waals surface area contributed by atoms with E-state index in [1.165, 1.54) is 18.2 Å². The molecule has 8 nitrogen and oxygen atoms in total. The van der Waals surface area contributed by atoms with Crippen molar-refractivity contribution in [2.24, 2.45) is 23.7 Å². The molecule has 2 atom stereocenters. The van der Waals surface area contributed by atoms with E-state index in [4.69, 9.17) is 11.5 Å². The van der Waals surface area contributed by atoms with Crippen molar-refractivity contribution in [2.75, 3.05) is 17.2 Å². The first kappa shape index (κ1) is 26.1. The van der Waals surface area contributed by atoms with Gasteiger partial charge in [-0.15, -0.1) is 13.2 Å². The molecule has 11 heteroatoms. The van der Waals surface area contributed by atoms with Gasteiger partial charge in [0.05, 0.1) is 11.3 Å². The largest absolute Gasteiger partial charge is 0.573 e. The van der Waals surface area contributed by atoms with Gasteiger partial charge in [0.15, 0.2) is 0 Å². The molecule has 2 unspecified atom stereocenters. The van der Waals surface area contributed by atoms with Gasteiger partial charge in [0.25, 0.3) is 5.91 Å². The number of hydrogen-bond donors (Lipinski definition) is 2. The second-order valence-corrected chi connectivity index (χ2v) is 9.18. The molecule has 0 spiro atoms. The number of aliphatic imine (C=N–C) groups is 1. The first-order chi connectivity index (χ1) is 17.4. The maximum absolute atomic E-state index is 12.9. The van der Waals surface area contributed by atoms with Crippen molar-refractivity contribution in [1.29, 1.82) is 0 Å². The summed E-state index contributed by atoms with van der Waals surface area (Å²) in [4.78, 5) is 19.1. The molecule has 3 aromatic rings. The number of halogens is 3. The zero-order valence-electron chi connectivity index (χ0n) is 20.8. The van der Waals surface area contributed by atoms with Crippen LogP contribution in [0.2, 0.25) is 0 Å². The summed E-state index contributed by atoms with van der Waals surface area (Å²) in [7, 11) is 1.85. The van der Waals surface area contributed by atoms with E-state index in [9.17, 15) is 18.0 Å². The van der Waals surface area contributed by atoms with E-state index in [2.05, 4.69) is 25.8 Å². The van der Waals surface area contributed by atoms with Crippen molar-refractivity contribution in [1.82, 2.24) is 9.78 Å². The molecule has 196 valence electrons. The number of anilines is 2. The Labute approximate surface area is 212 Å². The standard InChI is InChI=1S/C26H29F3N6O2/c1-15-13-18(25(36)32-24(31)20-9-4-5-10-21(20)37-26(27,28)29)11-12-35(15)19-8-6-7-17(14-19)22-16(2)23(30)33-34(22)3/h4-10,14-15,18H,11-13H2,1-3H3,(H2,30,33)(H2,31,32,36). The van der Waals surface area contributed by atoms with Crippen molar-refractivity contribution in [2.45, 2.75) is 39.1 Å². The Balaban J connectivity index is 1.48. The number of nitrogens with two attached hydrogens (primary N) is 2. The first-order valence-corrected chi connectivity index (χ1v) is 11.8. The Morgan fingerprint density at radius 2 is 1.92 bits per heavy atom. The number of carbonyl (C=O) groups excluding carboxylic acids is 1. The fourth-order valence-electron chi connectivity index (χ4n) is 4.83. The quantitative estimate of drug-likeness (QED) is 0.385. The van der Waals surface area contributed by atoms with Gasteiger partial charge in [-0.2, -0.15) is 10.1 Å². The average Bonchev–Trinajstić information content (AvgIpc) is 3.09. The van der Waals surface area contributed by atoms with Crippen molar-refractivity contribution in [3.8, 4) is 17.0 Å².